The van der Waals surface area contributed by atoms with Gasteiger partial charge in [-0.3, -0.25) is 0 Å². The minimum Gasteiger partial charge on any atom is -0.344 e. The Balaban J connectivity index is 2.74. The van der Waals surface area contributed by atoms with Gasteiger partial charge in [0.05, 0.1) is 6.10 Å². The highest BCUT2D eigenvalue weighted by Gasteiger charge is 2.41. The van der Waals surface area contributed by atoms with Crippen LogP contribution >= 0.6 is 0 Å². The second kappa shape index (κ2) is 3.64. The average molecular weight is 182 g/mol. The van der Waals surface area contributed by atoms with Crippen molar-refractivity contribution in [2.24, 2.45) is 5.92 Å². The molecule has 0 amide bonds. The minimum absolute atomic E-state index is 0.0250. The van der Waals surface area contributed by atoms with Crippen molar-refractivity contribution in [3.63, 3.8) is 0 Å². The first-order valence-electron chi connectivity index (χ1n) is 4.61. The van der Waals surface area contributed by atoms with Gasteiger partial charge in [0.1, 0.15) is 6.10 Å². The molecular formula is C11H18O2. The Bertz CT molecular complexity index is 208. The third-order valence-corrected chi connectivity index (χ3v) is 2.29. The number of rotatable bonds is 3. The van der Waals surface area contributed by atoms with E-state index in [0.717, 1.165) is 0 Å². The highest BCUT2D eigenvalue weighted by molar-refractivity contribution is 4.98. The van der Waals surface area contributed by atoms with Gasteiger partial charge in [0.15, 0.2) is 5.79 Å². The van der Waals surface area contributed by atoms with Gasteiger partial charge < -0.3 is 9.47 Å². The Morgan fingerprint density at radius 3 is 2.38 bits per heavy atom. The van der Waals surface area contributed by atoms with E-state index in [2.05, 4.69) is 20.1 Å². The molecule has 13 heavy (non-hydrogen) atoms. The van der Waals surface area contributed by atoms with E-state index in [0.29, 0.717) is 0 Å². The molecule has 1 heterocycles. The second-order valence-corrected chi connectivity index (χ2v) is 3.90. The zero-order valence-electron chi connectivity index (χ0n) is 8.62. The number of hydrogen-bond donors (Lipinski definition) is 0. The van der Waals surface area contributed by atoms with Gasteiger partial charge in [-0.05, 0) is 13.8 Å². The lowest BCUT2D eigenvalue weighted by atomic mass is 10.0. The van der Waals surface area contributed by atoms with Crippen LogP contribution in [0, 0.1) is 5.92 Å². The summed E-state index contributed by atoms with van der Waals surface area (Å²) in [6, 6.07) is 0. The fourth-order valence-corrected chi connectivity index (χ4v) is 1.54. The van der Waals surface area contributed by atoms with E-state index < -0.39 is 5.79 Å². The quantitative estimate of drug-likeness (QED) is 0.624. The van der Waals surface area contributed by atoms with E-state index in [-0.39, 0.29) is 18.1 Å². The highest BCUT2D eigenvalue weighted by atomic mass is 16.7. The zero-order valence-corrected chi connectivity index (χ0v) is 8.62. The monoisotopic (exact) mass is 182 g/mol. The fraction of sp³-hybridized carbons (Fsp3) is 0.636. The van der Waals surface area contributed by atoms with Crippen LogP contribution < -0.4 is 0 Å². The first-order chi connectivity index (χ1) is 6.00. The van der Waals surface area contributed by atoms with Crippen LogP contribution in [0.25, 0.3) is 0 Å². The van der Waals surface area contributed by atoms with Crippen LogP contribution in [0.1, 0.15) is 20.8 Å². The minimum atomic E-state index is -0.499. The van der Waals surface area contributed by atoms with Gasteiger partial charge in [-0.1, -0.05) is 19.1 Å². The molecule has 1 saturated heterocycles. The highest BCUT2D eigenvalue weighted by Crippen LogP contribution is 2.32. The standard InChI is InChI=1S/C11H18O2/c1-6-8(3)10-9(7-2)12-11(4,5)13-10/h6-10H,1-2H2,3-5H3/t8?,9-,10+/m0/s1. The van der Waals surface area contributed by atoms with Gasteiger partial charge in [-0.2, -0.15) is 0 Å². The molecule has 0 N–H and O–H groups in total. The largest absolute Gasteiger partial charge is 0.344 e. The van der Waals surface area contributed by atoms with Crippen LogP contribution in [0.4, 0.5) is 0 Å². The molecule has 3 atom stereocenters. The van der Waals surface area contributed by atoms with Crippen molar-refractivity contribution in [2.75, 3.05) is 0 Å². The van der Waals surface area contributed by atoms with Crippen LogP contribution in [0.15, 0.2) is 25.3 Å². The summed E-state index contributed by atoms with van der Waals surface area (Å²) >= 11 is 0. The van der Waals surface area contributed by atoms with Gasteiger partial charge in [0.2, 0.25) is 0 Å². The van der Waals surface area contributed by atoms with Crippen LogP contribution in [-0.4, -0.2) is 18.0 Å². The SMILES string of the molecule is C=CC(C)[C@H]1OC(C)(C)O[C@H]1C=C. The van der Waals surface area contributed by atoms with Crippen molar-refractivity contribution >= 4 is 0 Å². The normalized spacial score (nSPS) is 34.1. The number of ether oxygens (including phenoxy) is 2. The molecule has 0 bridgehead atoms. The molecule has 2 heteroatoms. The van der Waals surface area contributed by atoms with E-state index in [1.165, 1.54) is 0 Å². The van der Waals surface area contributed by atoms with Crippen molar-refractivity contribution in [2.45, 2.75) is 38.8 Å². The molecule has 1 unspecified atom stereocenters. The van der Waals surface area contributed by atoms with Gasteiger partial charge >= 0.3 is 0 Å². The predicted molar refractivity (Wildman–Crippen MR) is 53.4 cm³/mol. The third-order valence-electron chi connectivity index (χ3n) is 2.29. The molecule has 1 rings (SSSR count). The summed E-state index contributed by atoms with van der Waals surface area (Å²) in [7, 11) is 0. The molecular weight excluding hydrogens is 164 g/mol. The Morgan fingerprint density at radius 2 is 1.92 bits per heavy atom. The van der Waals surface area contributed by atoms with Crippen molar-refractivity contribution in [3.05, 3.63) is 25.3 Å². The van der Waals surface area contributed by atoms with Crippen LogP contribution in [0.3, 0.4) is 0 Å². The molecule has 2 nitrogen and oxygen atoms in total. The van der Waals surface area contributed by atoms with Crippen molar-refractivity contribution in [1.82, 2.24) is 0 Å². The fourth-order valence-electron chi connectivity index (χ4n) is 1.54. The van der Waals surface area contributed by atoms with Crippen molar-refractivity contribution in [1.29, 1.82) is 0 Å². The van der Waals surface area contributed by atoms with Crippen LogP contribution in [-0.2, 0) is 9.47 Å². The van der Waals surface area contributed by atoms with E-state index >= 15 is 0 Å². The zero-order chi connectivity index (χ0) is 10.1. The molecule has 1 aliphatic rings. The topological polar surface area (TPSA) is 18.5 Å². The molecule has 0 saturated carbocycles. The van der Waals surface area contributed by atoms with Crippen molar-refractivity contribution in [3.8, 4) is 0 Å². The summed E-state index contributed by atoms with van der Waals surface area (Å²) in [6.45, 7) is 13.4. The van der Waals surface area contributed by atoms with Gasteiger partial charge in [0, 0.05) is 5.92 Å². The van der Waals surface area contributed by atoms with Gasteiger partial charge in [0.25, 0.3) is 0 Å². The van der Waals surface area contributed by atoms with E-state index in [9.17, 15) is 0 Å². The summed E-state index contributed by atoms with van der Waals surface area (Å²) < 4.78 is 11.4. The Hall–Kier alpha value is -0.600. The number of hydrogen-bond acceptors (Lipinski definition) is 2. The maximum atomic E-state index is 5.74. The summed E-state index contributed by atoms with van der Waals surface area (Å²) in [5.74, 6) is -0.217. The Morgan fingerprint density at radius 1 is 1.31 bits per heavy atom. The first-order valence-corrected chi connectivity index (χ1v) is 4.61. The lowest BCUT2D eigenvalue weighted by molar-refractivity contribution is -0.145. The first kappa shape index (κ1) is 10.5. The lowest BCUT2D eigenvalue weighted by Gasteiger charge is -2.19. The molecule has 0 aromatic heterocycles. The molecule has 1 fully saturated rings. The van der Waals surface area contributed by atoms with E-state index in [1.807, 2.05) is 19.9 Å². The summed E-state index contributed by atoms with van der Waals surface area (Å²) in [4.78, 5) is 0. The second-order valence-electron chi connectivity index (χ2n) is 3.90. The van der Waals surface area contributed by atoms with Crippen LogP contribution in [0.5, 0.6) is 0 Å². The Kier molecular flexibility index (Phi) is 2.94. The van der Waals surface area contributed by atoms with Crippen molar-refractivity contribution < 1.29 is 9.47 Å². The molecule has 74 valence electrons. The summed E-state index contributed by atoms with van der Waals surface area (Å²) in [5, 5.41) is 0. The maximum absolute atomic E-state index is 5.74. The molecule has 0 aromatic rings. The summed E-state index contributed by atoms with van der Waals surface area (Å²) in [5.41, 5.74) is 0. The predicted octanol–water partition coefficient (Wildman–Crippen LogP) is 2.51. The Labute approximate surface area is 80.2 Å². The van der Waals surface area contributed by atoms with Gasteiger partial charge in [-0.15, -0.1) is 13.2 Å². The average Bonchev–Trinajstić information content (AvgIpc) is 2.39. The molecule has 1 aliphatic heterocycles. The van der Waals surface area contributed by atoms with Crippen LogP contribution in [0.2, 0.25) is 0 Å². The van der Waals surface area contributed by atoms with E-state index in [1.54, 1.807) is 6.08 Å². The lowest BCUT2D eigenvalue weighted by Crippen LogP contribution is -2.27. The summed E-state index contributed by atoms with van der Waals surface area (Å²) in [6.07, 6.45) is 3.69. The smallest absolute Gasteiger partial charge is 0.164 e. The van der Waals surface area contributed by atoms with Gasteiger partial charge in [-0.25, -0.2) is 0 Å². The maximum Gasteiger partial charge on any atom is 0.164 e. The van der Waals surface area contributed by atoms with E-state index in [4.69, 9.17) is 9.47 Å². The molecule has 0 radical (unpaired) electrons. The molecule has 0 aromatic carbocycles. The molecule has 0 aliphatic carbocycles. The third kappa shape index (κ3) is 2.20. The molecule has 0 spiro atoms.